The minimum Gasteiger partial charge on any atom is -0.478 e. The number of aromatic nitrogens is 1. The Hall–Kier alpha value is -5.17. The average Bonchev–Trinajstić information content (AvgIpc) is 3.10. The van der Waals surface area contributed by atoms with Crippen LogP contribution in [0.2, 0.25) is 0 Å². The number of carbonyl (C=O) groups excluding carboxylic acids is 2. The summed E-state index contributed by atoms with van der Waals surface area (Å²) >= 11 is 0. The van der Waals surface area contributed by atoms with Crippen molar-refractivity contribution in [3.8, 4) is 23.0 Å². The predicted molar refractivity (Wildman–Crippen MR) is 133 cm³/mol. The number of nitrogens with two attached hydrogens (primary N) is 1. The summed E-state index contributed by atoms with van der Waals surface area (Å²) in [5.41, 5.74) is 4.34. The van der Waals surface area contributed by atoms with Gasteiger partial charge in [-0.1, -0.05) is 42.2 Å². The second-order valence-corrected chi connectivity index (χ2v) is 8.22. The molecule has 10 heteroatoms. The average molecular weight is 499 g/mol. The standard InChI is InChI=1S/C27H21N3O7/c28-22-20(26(34)35)19(21(27(36)37)23(31)29-22)16-11-5-4-10-15(16)9-3-1-2-8-14-30-24(32)17-12-6-7-13-18(17)25(30)33/h4-7,10-13H,1-2,8,14H2,(H,34,35)(H,36,37)(H3,28,29,31). The van der Waals surface area contributed by atoms with Crippen LogP contribution in [0.4, 0.5) is 5.82 Å². The van der Waals surface area contributed by atoms with Crippen LogP contribution >= 0.6 is 0 Å². The minimum atomic E-state index is -1.60. The second kappa shape index (κ2) is 10.2. The van der Waals surface area contributed by atoms with Crippen LogP contribution in [0.15, 0.2) is 53.3 Å². The Morgan fingerprint density at radius 1 is 0.838 bits per heavy atom. The van der Waals surface area contributed by atoms with E-state index in [1.165, 1.54) is 11.0 Å². The fraction of sp³-hybridized carbons (Fsp3) is 0.148. The van der Waals surface area contributed by atoms with E-state index < -0.39 is 34.4 Å². The first-order chi connectivity index (χ1) is 17.7. The van der Waals surface area contributed by atoms with Gasteiger partial charge in [-0.15, -0.1) is 0 Å². The molecule has 0 fully saturated rings. The molecule has 0 saturated heterocycles. The van der Waals surface area contributed by atoms with Gasteiger partial charge in [-0.05, 0) is 36.6 Å². The quantitative estimate of drug-likeness (QED) is 0.218. The zero-order valence-electron chi connectivity index (χ0n) is 19.4. The van der Waals surface area contributed by atoms with E-state index in [4.69, 9.17) is 5.73 Å². The number of unbranched alkanes of at least 4 members (excludes halogenated alkanes) is 2. The van der Waals surface area contributed by atoms with E-state index in [0.29, 0.717) is 36.0 Å². The lowest BCUT2D eigenvalue weighted by Crippen LogP contribution is -2.30. The summed E-state index contributed by atoms with van der Waals surface area (Å²) in [6.45, 7) is 0.251. The Kier molecular flexibility index (Phi) is 6.88. The van der Waals surface area contributed by atoms with Gasteiger partial charge < -0.3 is 20.9 Å². The number of imide groups is 1. The number of rotatable bonds is 7. The smallest absolute Gasteiger partial charge is 0.342 e. The number of fused-ring (bicyclic) bond motifs is 1. The molecule has 0 bridgehead atoms. The van der Waals surface area contributed by atoms with Crippen LogP contribution < -0.4 is 11.3 Å². The largest absolute Gasteiger partial charge is 0.478 e. The lowest BCUT2D eigenvalue weighted by atomic mass is 9.92. The number of aromatic carboxylic acids is 2. The number of H-pyrrole nitrogens is 1. The number of nitrogen functional groups attached to an aromatic ring is 1. The summed E-state index contributed by atoms with van der Waals surface area (Å²) in [7, 11) is 0. The summed E-state index contributed by atoms with van der Waals surface area (Å²) in [5.74, 6) is 1.66. The number of pyridine rings is 1. The van der Waals surface area contributed by atoms with Crippen molar-refractivity contribution in [2.75, 3.05) is 12.3 Å². The Bertz CT molecular complexity index is 1540. The molecule has 37 heavy (non-hydrogen) atoms. The van der Waals surface area contributed by atoms with Gasteiger partial charge in [0.05, 0.1) is 11.1 Å². The van der Waals surface area contributed by atoms with Gasteiger partial charge >= 0.3 is 11.9 Å². The first-order valence-electron chi connectivity index (χ1n) is 11.3. The topological polar surface area (TPSA) is 171 Å². The van der Waals surface area contributed by atoms with E-state index in [-0.39, 0.29) is 29.5 Å². The number of carboxylic acids is 2. The fourth-order valence-electron chi connectivity index (χ4n) is 4.21. The lowest BCUT2D eigenvalue weighted by Gasteiger charge is -2.13. The van der Waals surface area contributed by atoms with Crippen LogP contribution in [0.3, 0.4) is 0 Å². The maximum absolute atomic E-state index is 12.4. The van der Waals surface area contributed by atoms with Gasteiger partial charge in [0.2, 0.25) is 0 Å². The third kappa shape index (κ3) is 4.70. The first-order valence-corrected chi connectivity index (χ1v) is 11.3. The molecule has 2 amide bonds. The summed E-state index contributed by atoms with van der Waals surface area (Å²) < 4.78 is 0. The van der Waals surface area contributed by atoms with Gasteiger partial charge in [0.1, 0.15) is 16.9 Å². The van der Waals surface area contributed by atoms with Gasteiger partial charge in [-0.25, -0.2) is 9.59 Å². The lowest BCUT2D eigenvalue weighted by molar-refractivity contribution is 0.0645. The Morgan fingerprint density at radius 3 is 2.00 bits per heavy atom. The van der Waals surface area contributed by atoms with Crippen molar-refractivity contribution in [3.05, 3.63) is 86.7 Å². The predicted octanol–water partition coefficient (Wildman–Crippen LogP) is 2.84. The molecule has 0 spiro atoms. The molecule has 0 unspecified atom stereocenters. The van der Waals surface area contributed by atoms with Crippen molar-refractivity contribution in [1.29, 1.82) is 0 Å². The molecule has 1 aliphatic heterocycles. The monoisotopic (exact) mass is 499 g/mol. The number of benzene rings is 2. The number of anilines is 1. The molecule has 0 radical (unpaired) electrons. The highest BCUT2D eigenvalue weighted by Crippen LogP contribution is 2.31. The summed E-state index contributed by atoms with van der Waals surface area (Å²) in [5, 5.41) is 19.3. The molecule has 0 aliphatic carbocycles. The van der Waals surface area contributed by atoms with Crippen LogP contribution in [-0.2, 0) is 0 Å². The van der Waals surface area contributed by atoms with Gasteiger partial charge in [-0.2, -0.15) is 0 Å². The van der Waals surface area contributed by atoms with Crippen LogP contribution in [0.25, 0.3) is 11.1 Å². The van der Waals surface area contributed by atoms with Gasteiger partial charge in [-0.3, -0.25) is 19.3 Å². The van der Waals surface area contributed by atoms with Crippen molar-refractivity contribution in [3.63, 3.8) is 0 Å². The van der Waals surface area contributed by atoms with Crippen molar-refractivity contribution < 1.29 is 29.4 Å². The molecular formula is C27H21N3O7. The zero-order chi connectivity index (χ0) is 26.7. The second-order valence-electron chi connectivity index (χ2n) is 8.22. The maximum Gasteiger partial charge on any atom is 0.342 e. The van der Waals surface area contributed by atoms with E-state index in [9.17, 15) is 34.2 Å². The van der Waals surface area contributed by atoms with Crippen molar-refractivity contribution in [2.24, 2.45) is 0 Å². The fourth-order valence-corrected chi connectivity index (χ4v) is 4.21. The van der Waals surface area contributed by atoms with Gasteiger partial charge in [0, 0.05) is 24.1 Å². The summed E-state index contributed by atoms with van der Waals surface area (Å²) in [6.07, 6.45) is 1.49. The molecule has 1 aliphatic rings. The third-order valence-corrected chi connectivity index (χ3v) is 5.90. The van der Waals surface area contributed by atoms with E-state index in [1.807, 2.05) is 0 Å². The van der Waals surface area contributed by atoms with E-state index in [1.54, 1.807) is 42.5 Å². The van der Waals surface area contributed by atoms with Crippen LogP contribution in [-0.4, -0.2) is 50.4 Å². The van der Waals surface area contributed by atoms with E-state index >= 15 is 0 Å². The third-order valence-electron chi connectivity index (χ3n) is 5.90. The maximum atomic E-state index is 12.4. The molecule has 0 atom stereocenters. The van der Waals surface area contributed by atoms with Crippen molar-refractivity contribution in [2.45, 2.75) is 19.3 Å². The highest BCUT2D eigenvalue weighted by molar-refractivity contribution is 6.21. The SMILES string of the molecule is Nc1[nH]c(=O)c(C(=O)O)c(-c2ccccc2C#CCCCCN2C(=O)c3ccccc3C2=O)c1C(=O)O. The Morgan fingerprint density at radius 2 is 1.41 bits per heavy atom. The molecule has 1 aromatic heterocycles. The Balaban J connectivity index is 1.52. The molecule has 0 saturated carbocycles. The number of nitrogens with one attached hydrogen (secondary N) is 1. The van der Waals surface area contributed by atoms with Gasteiger partial charge in [0.25, 0.3) is 17.4 Å². The van der Waals surface area contributed by atoms with Crippen LogP contribution in [0, 0.1) is 11.8 Å². The van der Waals surface area contributed by atoms with Crippen molar-refractivity contribution >= 4 is 29.6 Å². The number of carboxylic acid groups (broad SMARTS) is 2. The molecule has 3 aromatic rings. The number of nitrogens with zero attached hydrogens (tertiary/aromatic N) is 1. The van der Waals surface area contributed by atoms with Crippen molar-refractivity contribution in [1.82, 2.24) is 9.88 Å². The van der Waals surface area contributed by atoms with Crippen LogP contribution in [0.5, 0.6) is 0 Å². The number of hydrogen-bond donors (Lipinski definition) is 4. The number of hydrogen-bond acceptors (Lipinski definition) is 6. The summed E-state index contributed by atoms with van der Waals surface area (Å²) in [6, 6.07) is 12.9. The number of amides is 2. The van der Waals surface area contributed by atoms with Gasteiger partial charge in [0.15, 0.2) is 0 Å². The molecule has 4 rings (SSSR count). The molecule has 5 N–H and O–H groups in total. The first kappa shape index (κ1) is 24.9. The summed E-state index contributed by atoms with van der Waals surface area (Å²) in [4.78, 5) is 64.2. The normalized spacial score (nSPS) is 12.2. The van der Waals surface area contributed by atoms with E-state index in [0.717, 1.165) is 0 Å². The Labute approximate surface area is 210 Å². The number of aromatic amines is 1. The molecule has 2 aromatic carbocycles. The van der Waals surface area contributed by atoms with E-state index in [2.05, 4.69) is 16.8 Å². The highest BCUT2D eigenvalue weighted by Gasteiger charge is 2.34. The minimum absolute atomic E-state index is 0.147. The number of carbonyl (C=O) groups is 4. The molecule has 10 nitrogen and oxygen atoms in total. The molecule has 186 valence electrons. The zero-order valence-corrected chi connectivity index (χ0v) is 19.4. The molecular weight excluding hydrogens is 478 g/mol. The van der Waals surface area contributed by atoms with Crippen LogP contribution in [0.1, 0.15) is 66.3 Å². The molecule has 2 heterocycles. The highest BCUT2D eigenvalue weighted by atomic mass is 16.4.